The van der Waals surface area contributed by atoms with Crippen molar-refractivity contribution in [2.24, 2.45) is 0 Å². The first-order valence-corrected chi connectivity index (χ1v) is 6.25. The highest BCUT2D eigenvalue weighted by molar-refractivity contribution is 7.84. The minimum atomic E-state index is -1.48. The largest absolute Gasteiger partial charge is 0.481 e. The highest BCUT2D eigenvalue weighted by atomic mass is 32.2. The van der Waals surface area contributed by atoms with E-state index < -0.39 is 28.5 Å². The number of methoxy groups -OCH3 is 1. The smallest absolute Gasteiger partial charge is 0.337 e. The van der Waals surface area contributed by atoms with Crippen molar-refractivity contribution in [1.29, 1.82) is 0 Å². The van der Waals surface area contributed by atoms with E-state index in [0.29, 0.717) is 11.1 Å². The van der Waals surface area contributed by atoms with Crippen molar-refractivity contribution < 1.29 is 23.6 Å². The highest BCUT2D eigenvalue weighted by Crippen LogP contribution is 2.09. The zero-order valence-corrected chi connectivity index (χ0v) is 10.0. The summed E-state index contributed by atoms with van der Waals surface area (Å²) in [5, 5.41) is 8.48. The Morgan fingerprint density at radius 3 is 2.71 bits per heavy atom. The second kappa shape index (κ2) is 6.15. The molecule has 0 saturated heterocycles. The van der Waals surface area contributed by atoms with Crippen LogP contribution in [0.5, 0.6) is 0 Å². The summed E-state index contributed by atoms with van der Waals surface area (Å²) in [6, 6.07) is 6.45. The molecule has 0 aliphatic rings. The van der Waals surface area contributed by atoms with E-state index in [1.807, 2.05) is 0 Å². The summed E-state index contributed by atoms with van der Waals surface area (Å²) in [6.45, 7) is 0. The summed E-state index contributed by atoms with van der Waals surface area (Å²) in [5.74, 6) is -1.87. The molecule has 5 nitrogen and oxygen atoms in total. The molecule has 0 spiro atoms. The summed E-state index contributed by atoms with van der Waals surface area (Å²) >= 11 is 0. The Morgan fingerprint density at radius 2 is 2.12 bits per heavy atom. The predicted molar refractivity (Wildman–Crippen MR) is 62.1 cm³/mol. The molecule has 0 bridgehead atoms. The normalized spacial score (nSPS) is 11.8. The minimum Gasteiger partial charge on any atom is -0.481 e. The van der Waals surface area contributed by atoms with Gasteiger partial charge in [0.05, 0.1) is 12.7 Å². The Bertz CT molecular complexity index is 455. The van der Waals surface area contributed by atoms with E-state index in [4.69, 9.17) is 5.11 Å². The molecule has 1 rings (SSSR count). The third-order valence-electron chi connectivity index (χ3n) is 1.96. The third-order valence-corrected chi connectivity index (χ3v) is 3.18. The molecule has 1 unspecified atom stereocenters. The fourth-order valence-corrected chi connectivity index (χ4v) is 2.21. The maximum atomic E-state index is 11.4. The first-order chi connectivity index (χ1) is 8.02. The van der Waals surface area contributed by atoms with Crippen LogP contribution in [0.4, 0.5) is 0 Å². The number of carboxylic acid groups (broad SMARTS) is 1. The van der Waals surface area contributed by atoms with Crippen LogP contribution in [0.3, 0.4) is 0 Å². The number of carbonyl (C=O) groups excluding carboxylic acids is 1. The van der Waals surface area contributed by atoms with Crippen molar-refractivity contribution in [3.8, 4) is 0 Å². The van der Waals surface area contributed by atoms with Crippen LogP contribution in [0, 0.1) is 0 Å². The Labute approximate surface area is 101 Å². The third kappa shape index (κ3) is 4.36. The van der Waals surface area contributed by atoms with Crippen molar-refractivity contribution >= 4 is 22.7 Å². The number of hydrogen-bond donors (Lipinski definition) is 1. The number of esters is 1. The van der Waals surface area contributed by atoms with Gasteiger partial charge in [0.2, 0.25) is 0 Å². The monoisotopic (exact) mass is 256 g/mol. The van der Waals surface area contributed by atoms with Crippen molar-refractivity contribution in [3.63, 3.8) is 0 Å². The number of aliphatic carboxylic acids is 1. The fraction of sp³-hybridized carbons (Fsp3) is 0.273. The van der Waals surface area contributed by atoms with Crippen LogP contribution in [0.1, 0.15) is 15.9 Å². The molecule has 6 heteroatoms. The van der Waals surface area contributed by atoms with E-state index in [1.165, 1.54) is 7.11 Å². The lowest BCUT2D eigenvalue weighted by molar-refractivity contribution is -0.133. The van der Waals surface area contributed by atoms with Crippen molar-refractivity contribution in [2.75, 3.05) is 12.9 Å². The Hall–Kier alpha value is -1.69. The standard InChI is InChI=1S/C11H12O5S/c1-16-11(14)9-4-2-3-8(5-9)6-17(15)7-10(12)13/h2-5H,6-7H2,1H3,(H,12,13). The molecule has 0 heterocycles. The maximum Gasteiger partial charge on any atom is 0.337 e. The van der Waals surface area contributed by atoms with E-state index >= 15 is 0 Å². The van der Waals surface area contributed by atoms with E-state index in [2.05, 4.69) is 4.74 Å². The maximum absolute atomic E-state index is 11.4. The van der Waals surface area contributed by atoms with Gasteiger partial charge < -0.3 is 9.84 Å². The van der Waals surface area contributed by atoms with Crippen molar-refractivity contribution in [3.05, 3.63) is 35.4 Å². The highest BCUT2D eigenvalue weighted by Gasteiger charge is 2.09. The fourth-order valence-electron chi connectivity index (χ4n) is 1.28. The Balaban J connectivity index is 2.75. The number of carboxylic acids is 1. The van der Waals surface area contributed by atoms with Gasteiger partial charge in [0, 0.05) is 16.6 Å². The summed E-state index contributed by atoms with van der Waals surface area (Å²) in [7, 11) is -0.201. The minimum absolute atomic E-state index is 0.108. The van der Waals surface area contributed by atoms with Gasteiger partial charge in [-0.25, -0.2) is 4.79 Å². The SMILES string of the molecule is COC(=O)c1cccc(CS(=O)CC(=O)O)c1. The Morgan fingerprint density at radius 1 is 1.41 bits per heavy atom. The van der Waals surface area contributed by atoms with Crippen LogP contribution >= 0.6 is 0 Å². The molecule has 0 aliphatic heterocycles. The molecular weight excluding hydrogens is 244 g/mol. The molecule has 0 aromatic heterocycles. The van der Waals surface area contributed by atoms with Crippen LogP contribution in [0.15, 0.2) is 24.3 Å². The molecular formula is C11H12O5S. The molecule has 17 heavy (non-hydrogen) atoms. The van der Waals surface area contributed by atoms with Gasteiger partial charge in [-0.2, -0.15) is 0 Å². The van der Waals surface area contributed by atoms with Gasteiger partial charge in [0.25, 0.3) is 0 Å². The van der Waals surface area contributed by atoms with Crippen molar-refractivity contribution in [2.45, 2.75) is 5.75 Å². The van der Waals surface area contributed by atoms with Crippen LogP contribution in [0.2, 0.25) is 0 Å². The number of hydrogen-bond acceptors (Lipinski definition) is 4. The van der Waals surface area contributed by atoms with Crippen LogP contribution in [0.25, 0.3) is 0 Å². The molecule has 92 valence electrons. The van der Waals surface area contributed by atoms with Gasteiger partial charge >= 0.3 is 11.9 Å². The second-order valence-electron chi connectivity index (χ2n) is 3.31. The van der Waals surface area contributed by atoms with Crippen molar-refractivity contribution in [1.82, 2.24) is 0 Å². The topological polar surface area (TPSA) is 80.7 Å². The van der Waals surface area contributed by atoms with Crippen LogP contribution in [-0.4, -0.2) is 34.1 Å². The first-order valence-electron chi connectivity index (χ1n) is 4.77. The Kier molecular flexibility index (Phi) is 4.84. The first kappa shape index (κ1) is 13.4. The van der Waals surface area contributed by atoms with Gasteiger partial charge in [0.1, 0.15) is 5.75 Å². The van der Waals surface area contributed by atoms with E-state index in [-0.39, 0.29) is 5.75 Å². The van der Waals surface area contributed by atoms with E-state index in [9.17, 15) is 13.8 Å². The van der Waals surface area contributed by atoms with E-state index in [1.54, 1.807) is 24.3 Å². The van der Waals surface area contributed by atoms with E-state index in [0.717, 1.165) is 0 Å². The van der Waals surface area contributed by atoms with Gasteiger partial charge in [0.15, 0.2) is 0 Å². The lowest BCUT2D eigenvalue weighted by Gasteiger charge is -2.03. The number of ether oxygens (including phenoxy) is 1. The van der Waals surface area contributed by atoms with Gasteiger partial charge in [-0.15, -0.1) is 0 Å². The average molecular weight is 256 g/mol. The van der Waals surface area contributed by atoms with Crippen LogP contribution < -0.4 is 0 Å². The lowest BCUT2D eigenvalue weighted by Crippen LogP contribution is -2.11. The molecule has 0 amide bonds. The summed E-state index contributed by atoms with van der Waals surface area (Å²) in [6.07, 6.45) is 0. The molecule has 1 N–H and O–H groups in total. The summed E-state index contributed by atoms with van der Waals surface area (Å²) in [5.41, 5.74) is 1.00. The molecule has 0 radical (unpaired) electrons. The number of rotatable bonds is 5. The van der Waals surface area contributed by atoms with Gasteiger partial charge in [-0.3, -0.25) is 9.00 Å². The molecule has 1 aromatic carbocycles. The molecule has 0 fully saturated rings. The van der Waals surface area contributed by atoms with Crippen LogP contribution in [-0.2, 0) is 26.1 Å². The second-order valence-corrected chi connectivity index (χ2v) is 4.77. The molecule has 0 aliphatic carbocycles. The zero-order valence-electron chi connectivity index (χ0n) is 9.21. The quantitative estimate of drug-likeness (QED) is 0.788. The lowest BCUT2D eigenvalue weighted by atomic mass is 10.1. The van der Waals surface area contributed by atoms with Gasteiger partial charge in [-0.05, 0) is 17.7 Å². The molecule has 1 atom stereocenters. The molecule has 0 saturated carbocycles. The predicted octanol–water partition coefficient (Wildman–Crippen LogP) is 0.806. The van der Waals surface area contributed by atoms with Gasteiger partial charge in [-0.1, -0.05) is 12.1 Å². The zero-order chi connectivity index (χ0) is 12.8. The molecule has 1 aromatic rings. The number of benzene rings is 1. The summed E-state index contributed by atoms with van der Waals surface area (Å²) < 4.78 is 15.9. The number of carbonyl (C=O) groups is 2. The summed E-state index contributed by atoms with van der Waals surface area (Å²) in [4.78, 5) is 21.6. The average Bonchev–Trinajstić information content (AvgIpc) is 2.27.